The summed E-state index contributed by atoms with van der Waals surface area (Å²) in [6.45, 7) is 9.03. The van der Waals surface area contributed by atoms with E-state index in [0.717, 1.165) is 5.56 Å². The third-order valence-corrected chi connectivity index (χ3v) is 2.20. The van der Waals surface area contributed by atoms with Gasteiger partial charge < -0.3 is 4.74 Å². The van der Waals surface area contributed by atoms with Crippen molar-refractivity contribution >= 4 is 11.6 Å². The molecule has 1 nitrogen and oxygen atoms in total. The first-order chi connectivity index (χ1) is 7.43. The Morgan fingerprint density at radius 1 is 1.31 bits per heavy atom. The van der Waals surface area contributed by atoms with Gasteiger partial charge in [0.2, 0.25) is 5.85 Å². The standard InChI is InChI=1S/C11H14ClFO.C2H6/c1-4-11(3,13)14-10-6-8(2)5-9(12)7-10;1-2/h5-7H,4H2,1-3H3;1-2H3. The van der Waals surface area contributed by atoms with Crippen LogP contribution in [0.2, 0.25) is 5.02 Å². The SMILES string of the molecule is CC.CCC(C)(F)Oc1cc(C)cc(Cl)c1. The number of hydrogen-bond donors (Lipinski definition) is 0. The predicted molar refractivity (Wildman–Crippen MR) is 68.0 cm³/mol. The summed E-state index contributed by atoms with van der Waals surface area (Å²) < 4.78 is 18.7. The zero-order valence-electron chi connectivity index (χ0n) is 10.6. The Balaban J connectivity index is 0.00000106. The van der Waals surface area contributed by atoms with Crippen LogP contribution in [0.25, 0.3) is 0 Å². The minimum Gasteiger partial charge on any atom is -0.458 e. The average Bonchev–Trinajstić information content (AvgIpc) is 2.18. The Morgan fingerprint density at radius 3 is 2.31 bits per heavy atom. The van der Waals surface area contributed by atoms with Gasteiger partial charge in [-0.3, -0.25) is 0 Å². The molecule has 1 atom stereocenters. The van der Waals surface area contributed by atoms with Crippen LogP contribution in [0.3, 0.4) is 0 Å². The fraction of sp³-hybridized carbons (Fsp3) is 0.538. The van der Waals surface area contributed by atoms with Gasteiger partial charge in [-0.15, -0.1) is 0 Å². The Kier molecular flexibility index (Phi) is 6.42. The largest absolute Gasteiger partial charge is 0.458 e. The second-order valence-corrected chi connectivity index (χ2v) is 3.96. The number of benzene rings is 1. The molecule has 1 unspecified atom stereocenters. The fourth-order valence-corrected chi connectivity index (χ4v) is 1.36. The molecule has 3 heteroatoms. The molecule has 92 valence electrons. The molecule has 0 aromatic heterocycles. The Bertz CT molecular complexity index is 303. The zero-order valence-corrected chi connectivity index (χ0v) is 11.4. The van der Waals surface area contributed by atoms with Crippen molar-refractivity contribution in [1.29, 1.82) is 0 Å². The highest BCUT2D eigenvalue weighted by molar-refractivity contribution is 6.30. The molecule has 0 N–H and O–H groups in total. The zero-order chi connectivity index (χ0) is 12.8. The molecule has 1 rings (SSSR count). The van der Waals surface area contributed by atoms with Crippen molar-refractivity contribution in [2.75, 3.05) is 0 Å². The van der Waals surface area contributed by atoms with Crippen LogP contribution >= 0.6 is 11.6 Å². The topological polar surface area (TPSA) is 9.23 Å². The van der Waals surface area contributed by atoms with Gasteiger partial charge in [0.25, 0.3) is 0 Å². The maximum absolute atomic E-state index is 13.5. The van der Waals surface area contributed by atoms with Crippen molar-refractivity contribution in [3.8, 4) is 5.75 Å². The van der Waals surface area contributed by atoms with Crippen LogP contribution in [0.15, 0.2) is 18.2 Å². The molecule has 0 aliphatic rings. The highest BCUT2D eigenvalue weighted by Gasteiger charge is 2.22. The number of aryl methyl sites for hydroxylation is 1. The number of halogens is 2. The van der Waals surface area contributed by atoms with Crippen LogP contribution in [-0.2, 0) is 0 Å². The van der Waals surface area contributed by atoms with Gasteiger partial charge in [0.05, 0.1) is 0 Å². The van der Waals surface area contributed by atoms with Crippen LogP contribution in [-0.4, -0.2) is 5.85 Å². The molecule has 0 saturated heterocycles. The summed E-state index contributed by atoms with van der Waals surface area (Å²) in [5.74, 6) is -1.15. The number of hydrogen-bond acceptors (Lipinski definition) is 1. The fourth-order valence-electron chi connectivity index (χ4n) is 1.08. The van der Waals surface area contributed by atoms with Crippen LogP contribution in [0, 0.1) is 6.92 Å². The second kappa shape index (κ2) is 6.74. The van der Waals surface area contributed by atoms with Gasteiger partial charge in [-0.2, -0.15) is 4.39 Å². The third kappa shape index (κ3) is 5.36. The summed E-state index contributed by atoms with van der Waals surface area (Å²) >= 11 is 5.82. The van der Waals surface area contributed by atoms with Crippen molar-refractivity contribution in [3.05, 3.63) is 28.8 Å². The minimum absolute atomic E-state index is 0.304. The van der Waals surface area contributed by atoms with E-state index < -0.39 is 5.85 Å². The lowest BCUT2D eigenvalue weighted by Gasteiger charge is -2.20. The van der Waals surface area contributed by atoms with Crippen molar-refractivity contribution < 1.29 is 9.13 Å². The third-order valence-electron chi connectivity index (χ3n) is 1.98. The number of ether oxygens (including phenoxy) is 1. The van der Waals surface area contributed by atoms with Gasteiger partial charge in [-0.05, 0) is 30.7 Å². The van der Waals surface area contributed by atoms with E-state index in [9.17, 15) is 4.39 Å². The average molecular weight is 247 g/mol. The maximum Gasteiger partial charge on any atom is 0.245 e. The summed E-state index contributed by atoms with van der Waals surface area (Å²) in [6, 6.07) is 5.18. The molecule has 0 amide bonds. The lowest BCUT2D eigenvalue weighted by atomic mass is 10.2. The van der Waals surface area contributed by atoms with E-state index in [2.05, 4.69) is 0 Å². The Hall–Kier alpha value is -0.760. The number of rotatable bonds is 3. The van der Waals surface area contributed by atoms with Crippen LogP contribution < -0.4 is 4.74 Å². The first-order valence-corrected chi connectivity index (χ1v) is 5.96. The lowest BCUT2D eigenvalue weighted by molar-refractivity contribution is -0.0471. The van der Waals surface area contributed by atoms with Crippen LogP contribution in [0.5, 0.6) is 5.75 Å². The molecule has 0 aliphatic heterocycles. The van der Waals surface area contributed by atoms with E-state index in [1.807, 2.05) is 20.8 Å². The van der Waals surface area contributed by atoms with Gasteiger partial charge in [0.1, 0.15) is 5.75 Å². The molecule has 0 radical (unpaired) electrons. The molecule has 0 heterocycles. The van der Waals surface area contributed by atoms with E-state index in [-0.39, 0.29) is 0 Å². The molecule has 1 aromatic carbocycles. The van der Waals surface area contributed by atoms with E-state index in [1.165, 1.54) is 6.92 Å². The molecule has 1 aromatic rings. The van der Waals surface area contributed by atoms with Gasteiger partial charge in [0, 0.05) is 18.4 Å². The summed E-state index contributed by atoms with van der Waals surface area (Å²) in [6.07, 6.45) is 0.304. The normalized spacial score (nSPS) is 13.4. The first kappa shape index (κ1) is 15.2. The molecule has 0 aliphatic carbocycles. The van der Waals surface area contributed by atoms with Gasteiger partial charge in [0.15, 0.2) is 0 Å². The van der Waals surface area contributed by atoms with Gasteiger partial charge >= 0.3 is 0 Å². The van der Waals surface area contributed by atoms with Crippen LogP contribution in [0.1, 0.15) is 39.7 Å². The lowest BCUT2D eigenvalue weighted by Crippen LogP contribution is -2.24. The minimum atomic E-state index is -1.63. The van der Waals surface area contributed by atoms with Crippen molar-refractivity contribution in [2.24, 2.45) is 0 Å². The molecule has 0 fully saturated rings. The van der Waals surface area contributed by atoms with Gasteiger partial charge in [-0.25, -0.2) is 0 Å². The molecular weight excluding hydrogens is 227 g/mol. The monoisotopic (exact) mass is 246 g/mol. The second-order valence-electron chi connectivity index (χ2n) is 3.52. The Labute approximate surface area is 103 Å². The van der Waals surface area contributed by atoms with E-state index in [0.29, 0.717) is 17.2 Å². The quantitative estimate of drug-likeness (QED) is 0.717. The van der Waals surface area contributed by atoms with Crippen molar-refractivity contribution in [1.82, 2.24) is 0 Å². The highest BCUT2D eigenvalue weighted by Crippen LogP contribution is 2.26. The molecule has 16 heavy (non-hydrogen) atoms. The van der Waals surface area contributed by atoms with E-state index in [4.69, 9.17) is 16.3 Å². The highest BCUT2D eigenvalue weighted by atomic mass is 35.5. The summed E-state index contributed by atoms with van der Waals surface area (Å²) in [7, 11) is 0. The summed E-state index contributed by atoms with van der Waals surface area (Å²) in [5.41, 5.74) is 0.958. The maximum atomic E-state index is 13.5. The summed E-state index contributed by atoms with van der Waals surface area (Å²) in [4.78, 5) is 0. The van der Waals surface area contributed by atoms with Gasteiger partial charge in [-0.1, -0.05) is 32.4 Å². The Morgan fingerprint density at radius 2 is 1.88 bits per heavy atom. The molecular formula is C13H20ClFO. The summed E-state index contributed by atoms with van der Waals surface area (Å²) in [5, 5.41) is 0.562. The molecule has 0 saturated carbocycles. The van der Waals surface area contributed by atoms with E-state index >= 15 is 0 Å². The van der Waals surface area contributed by atoms with Crippen molar-refractivity contribution in [2.45, 2.75) is 46.9 Å². The predicted octanol–water partition coefficient (Wildman–Crippen LogP) is 5.15. The smallest absolute Gasteiger partial charge is 0.245 e. The van der Waals surface area contributed by atoms with Crippen molar-refractivity contribution in [3.63, 3.8) is 0 Å². The molecule has 0 bridgehead atoms. The van der Waals surface area contributed by atoms with E-state index in [1.54, 1.807) is 25.1 Å². The van der Waals surface area contributed by atoms with Crippen LogP contribution in [0.4, 0.5) is 4.39 Å². The first-order valence-electron chi connectivity index (χ1n) is 5.58. The molecule has 0 spiro atoms. The number of alkyl halides is 1.